The summed E-state index contributed by atoms with van der Waals surface area (Å²) in [6.07, 6.45) is -0.924. The van der Waals surface area contributed by atoms with Gasteiger partial charge in [0.25, 0.3) is 0 Å². The monoisotopic (exact) mass is 422 g/mol. The van der Waals surface area contributed by atoms with E-state index in [1.807, 2.05) is 31.2 Å². The SMILES string of the molecule is Cc1cc2c(OCC3CN(c4cccc(C(N)=NCC(=O)O)c4)C(=O)O3)cccc2[nH]1. The number of fused-ring (bicyclic) bond motifs is 1. The minimum absolute atomic E-state index is 0.0894. The second-order valence-corrected chi connectivity index (χ2v) is 7.24. The highest BCUT2D eigenvalue weighted by atomic mass is 16.6. The van der Waals surface area contributed by atoms with Crippen molar-refractivity contribution in [1.82, 2.24) is 4.98 Å². The minimum atomic E-state index is -1.07. The van der Waals surface area contributed by atoms with E-state index in [1.165, 1.54) is 4.90 Å². The molecule has 1 aliphatic rings. The predicted molar refractivity (Wildman–Crippen MR) is 116 cm³/mol. The molecule has 4 N–H and O–H groups in total. The first kappa shape index (κ1) is 20.3. The Kier molecular flexibility index (Phi) is 5.48. The van der Waals surface area contributed by atoms with Crippen molar-refractivity contribution in [3.8, 4) is 5.75 Å². The van der Waals surface area contributed by atoms with Crippen LogP contribution in [0.3, 0.4) is 0 Å². The number of aromatic nitrogens is 1. The van der Waals surface area contributed by atoms with Crippen molar-refractivity contribution in [3.63, 3.8) is 0 Å². The van der Waals surface area contributed by atoms with E-state index in [-0.39, 0.29) is 12.4 Å². The van der Waals surface area contributed by atoms with Crippen molar-refractivity contribution in [3.05, 3.63) is 59.8 Å². The van der Waals surface area contributed by atoms with Crippen molar-refractivity contribution in [1.29, 1.82) is 0 Å². The molecule has 0 aliphatic carbocycles. The van der Waals surface area contributed by atoms with Crippen LogP contribution in [0.1, 0.15) is 11.3 Å². The number of hydrogen-bond donors (Lipinski definition) is 3. The summed E-state index contributed by atoms with van der Waals surface area (Å²) in [6, 6.07) is 14.6. The standard InChI is InChI=1S/C22H22N4O5/c1-13-8-17-18(25-13)6-3-7-19(17)30-12-16-11-26(22(29)31-16)15-5-2-4-14(9-15)21(23)24-10-20(27)28/h2-9,16,25H,10-12H2,1H3,(H2,23,24)(H,27,28). The Morgan fingerprint density at radius 1 is 1.32 bits per heavy atom. The molecule has 2 aromatic carbocycles. The van der Waals surface area contributed by atoms with Gasteiger partial charge in [-0.1, -0.05) is 18.2 Å². The third-order valence-electron chi connectivity index (χ3n) is 4.90. The first-order chi connectivity index (χ1) is 14.9. The van der Waals surface area contributed by atoms with E-state index in [0.29, 0.717) is 17.8 Å². The molecule has 3 aromatic rings. The molecule has 160 valence electrons. The Morgan fingerprint density at radius 3 is 2.94 bits per heavy atom. The average molecular weight is 422 g/mol. The van der Waals surface area contributed by atoms with E-state index in [2.05, 4.69) is 9.98 Å². The molecule has 1 unspecified atom stereocenters. The highest BCUT2D eigenvalue weighted by Gasteiger charge is 2.33. The lowest BCUT2D eigenvalue weighted by atomic mass is 10.1. The van der Waals surface area contributed by atoms with Gasteiger partial charge in [0, 0.05) is 27.8 Å². The van der Waals surface area contributed by atoms with Crippen LogP contribution in [0.4, 0.5) is 10.5 Å². The summed E-state index contributed by atoms with van der Waals surface area (Å²) < 4.78 is 11.4. The molecule has 9 heteroatoms. The third kappa shape index (κ3) is 4.45. The number of anilines is 1. The van der Waals surface area contributed by atoms with E-state index >= 15 is 0 Å². The van der Waals surface area contributed by atoms with E-state index in [9.17, 15) is 9.59 Å². The van der Waals surface area contributed by atoms with Gasteiger partial charge in [-0.3, -0.25) is 14.7 Å². The summed E-state index contributed by atoms with van der Waals surface area (Å²) in [4.78, 5) is 31.7. The number of amidine groups is 1. The van der Waals surface area contributed by atoms with Gasteiger partial charge in [0.2, 0.25) is 0 Å². The van der Waals surface area contributed by atoms with Gasteiger partial charge in [-0.15, -0.1) is 0 Å². The van der Waals surface area contributed by atoms with Gasteiger partial charge in [0.05, 0.1) is 6.54 Å². The Morgan fingerprint density at radius 2 is 2.13 bits per heavy atom. The van der Waals surface area contributed by atoms with Crippen LogP contribution in [0.2, 0.25) is 0 Å². The number of nitrogens with one attached hydrogen (secondary N) is 1. The number of nitrogens with zero attached hydrogens (tertiary/aromatic N) is 2. The van der Waals surface area contributed by atoms with Gasteiger partial charge in [-0.05, 0) is 37.3 Å². The smallest absolute Gasteiger partial charge is 0.414 e. The molecule has 1 aromatic heterocycles. The molecule has 0 bridgehead atoms. The number of ether oxygens (including phenoxy) is 2. The fourth-order valence-electron chi connectivity index (χ4n) is 3.47. The zero-order valence-electron chi connectivity index (χ0n) is 16.9. The largest absolute Gasteiger partial charge is 0.489 e. The van der Waals surface area contributed by atoms with Crippen LogP contribution in [0, 0.1) is 6.92 Å². The Bertz CT molecular complexity index is 1170. The Hall–Kier alpha value is -4.01. The maximum Gasteiger partial charge on any atom is 0.414 e. The number of amides is 1. The number of carbonyl (C=O) groups excluding carboxylic acids is 1. The Labute approximate surface area is 178 Å². The average Bonchev–Trinajstić information content (AvgIpc) is 3.32. The lowest BCUT2D eigenvalue weighted by Crippen LogP contribution is -2.27. The summed E-state index contributed by atoms with van der Waals surface area (Å²) in [5.41, 5.74) is 9.00. The van der Waals surface area contributed by atoms with Crippen molar-refractivity contribution in [2.24, 2.45) is 10.7 Å². The maximum atomic E-state index is 12.4. The molecule has 2 heterocycles. The Balaban J connectivity index is 1.44. The first-order valence-corrected chi connectivity index (χ1v) is 9.72. The number of nitrogens with two attached hydrogens (primary N) is 1. The topological polar surface area (TPSA) is 130 Å². The summed E-state index contributed by atoms with van der Waals surface area (Å²) in [7, 11) is 0. The van der Waals surface area contributed by atoms with Crippen molar-refractivity contribution in [2.75, 3.05) is 24.6 Å². The number of H-pyrrole nitrogens is 1. The molecule has 31 heavy (non-hydrogen) atoms. The number of cyclic esters (lactones) is 1. The number of benzene rings is 2. The number of aryl methyl sites for hydroxylation is 1. The van der Waals surface area contributed by atoms with Crippen LogP contribution in [-0.2, 0) is 9.53 Å². The summed E-state index contributed by atoms with van der Waals surface area (Å²) in [5, 5.41) is 9.72. The fourth-order valence-corrected chi connectivity index (χ4v) is 3.47. The lowest BCUT2D eigenvalue weighted by molar-refractivity contribution is -0.135. The number of carboxylic acid groups (broad SMARTS) is 1. The third-order valence-corrected chi connectivity index (χ3v) is 4.90. The molecule has 1 atom stereocenters. The molecule has 0 spiro atoms. The number of rotatable bonds is 7. The van der Waals surface area contributed by atoms with Gasteiger partial charge in [0.15, 0.2) is 6.10 Å². The molecule has 1 amide bonds. The van der Waals surface area contributed by atoms with Crippen LogP contribution < -0.4 is 15.4 Å². The van der Waals surface area contributed by atoms with Crippen molar-refractivity contribution < 1.29 is 24.2 Å². The van der Waals surface area contributed by atoms with E-state index < -0.39 is 24.7 Å². The van der Waals surface area contributed by atoms with Crippen LogP contribution >= 0.6 is 0 Å². The molecule has 0 saturated carbocycles. The van der Waals surface area contributed by atoms with E-state index in [4.69, 9.17) is 20.3 Å². The van der Waals surface area contributed by atoms with Crippen LogP contribution in [0.25, 0.3) is 10.9 Å². The number of aliphatic carboxylic acids is 1. The number of aliphatic imine (C=N–C) groups is 1. The van der Waals surface area contributed by atoms with Gasteiger partial charge in [0.1, 0.15) is 24.7 Å². The van der Waals surface area contributed by atoms with Crippen molar-refractivity contribution in [2.45, 2.75) is 13.0 Å². The lowest BCUT2D eigenvalue weighted by Gasteiger charge is -2.14. The molecular weight excluding hydrogens is 400 g/mol. The van der Waals surface area contributed by atoms with E-state index in [1.54, 1.807) is 24.3 Å². The fraction of sp³-hybridized carbons (Fsp3) is 0.227. The van der Waals surface area contributed by atoms with Crippen LogP contribution in [0.15, 0.2) is 53.5 Å². The van der Waals surface area contributed by atoms with E-state index in [0.717, 1.165) is 22.3 Å². The predicted octanol–water partition coefficient (Wildman–Crippen LogP) is 2.67. The normalized spacial score (nSPS) is 16.5. The molecule has 0 radical (unpaired) electrons. The molecule has 1 fully saturated rings. The summed E-state index contributed by atoms with van der Waals surface area (Å²) >= 11 is 0. The number of carbonyl (C=O) groups is 2. The first-order valence-electron chi connectivity index (χ1n) is 9.72. The summed E-state index contributed by atoms with van der Waals surface area (Å²) in [6.45, 7) is 2.09. The van der Waals surface area contributed by atoms with Crippen molar-refractivity contribution >= 4 is 34.5 Å². The molecule has 1 aliphatic heterocycles. The minimum Gasteiger partial charge on any atom is -0.489 e. The zero-order valence-corrected chi connectivity index (χ0v) is 16.9. The van der Waals surface area contributed by atoms with Gasteiger partial charge < -0.3 is 25.3 Å². The zero-order chi connectivity index (χ0) is 22.0. The second-order valence-electron chi connectivity index (χ2n) is 7.24. The highest BCUT2D eigenvalue weighted by Crippen LogP contribution is 2.28. The number of carboxylic acids is 1. The number of aromatic amines is 1. The molecule has 9 nitrogen and oxygen atoms in total. The molecular formula is C22H22N4O5. The van der Waals surface area contributed by atoms with Gasteiger partial charge in [-0.25, -0.2) is 4.79 Å². The molecule has 1 saturated heterocycles. The maximum absolute atomic E-state index is 12.4. The van der Waals surface area contributed by atoms with Gasteiger partial charge >= 0.3 is 12.1 Å². The van der Waals surface area contributed by atoms with Crippen LogP contribution in [-0.4, -0.2) is 53.8 Å². The van der Waals surface area contributed by atoms with Crippen LogP contribution in [0.5, 0.6) is 5.75 Å². The highest BCUT2D eigenvalue weighted by molar-refractivity contribution is 6.00. The van der Waals surface area contributed by atoms with Gasteiger partial charge in [-0.2, -0.15) is 0 Å². The quantitative estimate of drug-likeness (QED) is 0.396. The molecule has 4 rings (SSSR count). The second kappa shape index (κ2) is 8.39. The number of hydrogen-bond acceptors (Lipinski definition) is 5. The summed E-state index contributed by atoms with van der Waals surface area (Å²) in [5.74, 6) is -0.261.